The third-order valence-corrected chi connectivity index (χ3v) is 5.31. The second kappa shape index (κ2) is 6.59. The zero-order valence-electron chi connectivity index (χ0n) is 15.4. The molecular weight excluding hydrogens is 328 g/mol. The quantitative estimate of drug-likeness (QED) is 0.741. The van der Waals surface area contributed by atoms with E-state index in [4.69, 9.17) is 0 Å². The van der Waals surface area contributed by atoms with E-state index in [1.54, 1.807) is 4.68 Å². The molecule has 1 saturated heterocycles. The molecular formula is C19H24N6O. The van der Waals surface area contributed by atoms with Gasteiger partial charge in [-0.15, -0.1) is 7.05 Å². The number of likely N-dealkylation sites (N-methyl/N-ethyl adjacent to an activating group) is 1. The number of carbonyl (C=O) groups is 1. The van der Waals surface area contributed by atoms with Crippen molar-refractivity contribution in [2.75, 3.05) is 27.2 Å². The molecule has 0 aliphatic carbocycles. The molecule has 2 aromatic heterocycles. The van der Waals surface area contributed by atoms with Crippen LogP contribution in [0.15, 0.2) is 36.7 Å². The van der Waals surface area contributed by atoms with E-state index in [2.05, 4.69) is 27.6 Å². The molecule has 7 nitrogen and oxygen atoms in total. The number of aromatic nitrogens is 3. The molecule has 3 aromatic rings. The second-order valence-electron chi connectivity index (χ2n) is 6.99. The second-order valence-corrected chi connectivity index (χ2v) is 6.99. The van der Waals surface area contributed by atoms with Crippen LogP contribution in [0.3, 0.4) is 0 Å². The van der Waals surface area contributed by atoms with Crippen LogP contribution in [0.1, 0.15) is 16.9 Å². The van der Waals surface area contributed by atoms with Gasteiger partial charge in [0.05, 0.1) is 25.3 Å². The molecule has 2 atom stereocenters. The first-order valence-corrected chi connectivity index (χ1v) is 8.88. The van der Waals surface area contributed by atoms with Crippen molar-refractivity contribution in [3.05, 3.63) is 47.8 Å². The van der Waals surface area contributed by atoms with Gasteiger partial charge in [0.2, 0.25) is 0 Å². The smallest absolute Gasteiger partial charge is 0.270 e. The van der Waals surface area contributed by atoms with E-state index >= 15 is 0 Å². The first kappa shape index (κ1) is 16.8. The van der Waals surface area contributed by atoms with E-state index in [-0.39, 0.29) is 11.9 Å². The number of aryl methyl sites for hydroxylation is 1. The summed E-state index contributed by atoms with van der Waals surface area (Å²) in [6.07, 6.45) is 4.82. The molecule has 3 heterocycles. The van der Waals surface area contributed by atoms with Crippen LogP contribution in [0.5, 0.6) is 0 Å². The SMILES string of the molecule is C[N-][NH+]1CC[C@@H](N(C)C(=O)c2cc3cc(-c4cnn(C)c4)ccc3[nH]2)C1. The number of rotatable bonds is 4. The fourth-order valence-electron chi connectivity index (χ4n) is 3.70. The van der Waals surface area contributed by atoms with Crippen molar-refractivity contribution in [3.8, 4) is 11.1 Å². The number of aromatic amines is 1. The van der Waals surface area contributed by atoms with Gasteiger partial charge in [0.15, 0.2) is 0 Å². The molecule has 0 radical (unpaired) electrons. The zero-order chi connectivity index (χ0) is 18.3. The molecule has 1 amide bonds. The number of amides is 1. The number of H-pyrrole nitrogens is 1. The Hall–Kier alpha value is -2.64. The lowest BCUT2D eigenvalue weighted by Gasteiger charge is -2.26. The first-order valence-electron chi connectivity index (χ1n) is 8.88. The fraction of sp³-hybridized carbons (Fsp3) is 0.368. The van der Waals surface area contributed by atoms with Crippen molar-refractivity contribution >= 4 is 16.8 Å². The highest BCUT2D eigenvalue weighted by Crippen LogP contribution is 2.25. The van der Waals surface area contributed by atoms with Crippen molar-refractivity contribution < 1.29 is 9.80 Å². The lowest BCUT2D eigenvalue weighted by atomic mass is 10.1. The maximum Gasteiger partial charge on any atom is 0.270 e. The van der Waals surface area contributed by atoms with Gasteiger partial charge in [0.1, 0.15) is 5.69 Å². The van der Waals surface area contributed by atoms with Crippen LogP contribution < -0.4 is 5.01 Å². The molecule has 2 N–H and O–H groups in total. The molecule has 26 heavy (non-hydrogen) atoms. The molecule has 1 aliphatic heterocycles. The molecule has 1 aromatic carbocycles. The monoisotopic (exact) mass is 352 g/mol. The number of nitrogens with zero attached hydrogens (tertiary/aromatic N) is 4. The minimum atomic E-state index is 0.0338. The molecule has 1 unspecified atom stereocenters. The number of hydrogen-bond donors (Lipinski definition) is 2. The van der Waals surface area contributed by atoms with Gasteiger partial charge in [-0.25, -0.2) is 0 Å². The summed E-state index contributed by atoms with van der Waals surface area (Å²) in [5.74, 6) is 0.0338. The summed E-state index contributed by atoms with van der Waals surface area (Å²) in [4.78, 5) is 18.0. The van der Waals surface area contributed by atoms with Crippen LogP contribution in [0, 0.1) is 0 Å². The standard InChI is InChI=1S/C19H24N6O/c1-20-25-7-6-16(12-25)24(3)19(26)18-9-14-8-13(4-5-17(14)22-18)15-10-21-23(2)11-15/h4-5,8-11,16,22,25H,6-7,12H2,1-3H3/t16-/m1/s1. The molecule has 4 rings (SSSR count). The Balaban J connectivity index is 1.58. The third-order valence-electron chi connectivity index (χ3n) is 5.31. The number of nitrogens with one attached hydrogen (secondary N) is 2. The maximum absolute atomic E-state index is 12.9. The summed E-state index contributed by atoms with van der Waals surface area (Å²) >= 11 is 0. The average Bonchev–Trinajstić information content (AvgIpc) is 3.38. The molecule has 0 bridgehead atoms. The highest BCUT2D eigenvalue weighted by atomic mass is 16.2. The van der Waals surface area contributed by atoms with E-state index in [9.17, 15) is 4.79 Å². The van der Waals surface area contributed by atoms with Gasteiger partial charge in [-0.2, -0.15) is 5.10 Å². The van der Waals surface area contributed by atoms with Crippen molar-refractivity contribution in [2.24, 2.45) is 7.05 Å². The highest BCUT2D eigenvalue weighted by molar-refractivity contribution is 5.99. The van der Waals surface area contributed by atoms with Gasteiger partial charge in [-0.1, -0.05) is 6.07 Å². The minimum absolute atomic E-state index is 0.0338. The topological polar surface area (TPSA) is 72.5 Å². The Kier molecular flexibility index (Phi) is 4.26. The molecule has 0 spiro atoms. The zero-order valence-corrected chi connectivity index (χ0v) is 15.4. The predicted octanol–water partition coefficient (Wildman–Crippen LogP) is 1.22. The normalized spacial score (nSPS) is 20.0. The number of fused-ring (bicyclic) bond motifs is 1. The average molecular weight is 352 g/mol. The third kappa shape index (κ3) is 3.00. The van der Waals surface area contributed by atoms with Gasteiger partial charge in [-0.3, -0.25) is 9.48 Å². The van der Waals surface area contributed by atoms with Crippen LogP contribution in [0.25, 0.3) is 27.5 Å². The van der Waals surface area contributed by atoms with Gasteiger partial charge in [0, 0.05) is 43.2 Å². The summed E-state index contributed by atoms with van der Waals surface area (Å²) in [5.41, 5.74) is 8.05. The summed E-state index contributed by atoms with van der Waals surface area (Å²) in [6, 6.07) is 8.34. The van der Waals surface area contributed by atoms with Crippen molar-refractivity contribution in [1.82, 2.24) is 19.7 Å². The molecule has 136 valence electrons. The molecule has 7 heteroatoms. The number of hydrogen-bond acceptors (Lipinski definition) is 2. The molecule has 1 fully saturated rings. The number of quaternary nitrogens is 1. The van der Waals surface area contributed by atoms with Gasteiger partial charge in [-0.05, 0) is 23.8 Å². The summed E-state index contributed by atoms with van der Waals surface area (Å²) in [7, 11) is 5.62. The van der Waals surface area contributed by atoms with Crippen LogP contribution in [0.2, 0.25) is 0 Å². The molecule has 1 aliphatic rings. The van der Waals surface area contributed by atoms with E-state index < -0.39 is 0 Å². The van der Waals surface area contributed by atoms with Gasteiger partial charge in [0.25, 0.3) is 5.91 Å². The Morgan fingerprint density at radius 2 is 2.23 bits per heavy atom. The minimum Gasteiger partial charge on any atom is -0.457 e. The first-order chi connectivity index (χ1) is 12.5. The van der Waals surface area contributed by atoms with Crippen LogP contribution >= 0.6 is 0 Å². The molecule has 0 saturated carbocycles. The summed E-state index contributed by atoms with van der Waals surface area (Å²) in [6.45, 7) is 1.87. The van der Waals surface area contributed by atoms with E-state index in [1.807, 2.05) is 50.6 Å². The largest absolute Gasteiger partial charge is 0.457 e. The Morgan fingerprint density at radius 1 is 1.38 bits per heavy atom. The van der Waals surface area contributed by atoms with Crippen molar-refractivity contribution in [1.29, 1.82) is 0 Å². The van der Waals surface area contributed by atoms with Gasteiger partial charge < -0.3 is 20.3 Å². The summed E-state index contributed by atoms with van der Waals surface area (Å²) in [5, 5.41) is 6.46. The van der Waals surface area contributed by atoms with E-state index in [0.717, 1.165) is 41.5 Å². The van der Waals surface area contributed by atoms with Crippen molar-refractivity contribution in [3.63, 3.8) is 0 Å². The number of carbonyl (C=O) groups excluding carboxylic acids is 1. The van der Waals surface area contributed by atoms with E-state index in [1.165, 1.54) is 5.01 Å². The van der Waals surface area contributed by atoms with Gasteiger partial charge >= 0.3 is 0 Å². The van der Waals surface area contributed by atoms with E-state index in [0.29, 0.717) is 5.69 Å². The fourth-order valence-corrected chi connectivity index (χ4v) is 3.70. The predicted molar refractivity (Wildman–Crippen MR) is 101 cm³/mol. The number of benzene rings is 1. The highest BCUT2D eigenvalue weighted by Gasteiger charge is 2.29. The Morgan fingerprint density at radius 3 is 2.92 bits per heavy atom. The Labute approximate surface area is 152 Å². The lowest BCUT2D eigenvalue weighted by Crippen LogP contribution is -3.06. The lowest BCUT2D eigenvalue weighted by molar-refractivity contribution is -0.848. The Bertz CT molecular complexity index is 943. The van der Waals surface area contributed by atoms with Crippen LogP contribution in [0.4, 0.5) is 0 Å². The van der Waals surface area contributed by atoms with Crippen LogP contribution in [-0.2, 0) is 7.05 Å². The van der Waals surface area contributed by atoms with Crippen LogP contribution in [-0.4, -0.2) is 58.8 Å². The van der Waals surface area contributed by atoms with Crippen molar-refractivity contribution in [2.45, 2.75) is 12.5 Å². The maximum atomic E-state index is 12.9. The summed E-state index contributed by atoms with van der Waals surface area (Å²) < 4.78 is 1.79.